The van der Waals surface area contributed by atoms with E-state index in [1.54, 1.807) is 24.3 Å². The topological polar surface area (TPSA) is 157 Å². The van der Waals surface area contributed by atoms with Gasteiger partial charge < -0.3 is 25.3 Å². The number of aromatic amines is 1. The molecule has 10 nitrogen and oxygen atoms in total. The fraction of sp³-hybridized carbons (Fsp3) is 0.233. The number of para-hydroxylation sites is 2. The van der Waals surface area contributed by atoms with Crippen LogP contribution in [0.3, 0.4) is 0 Å². The number of hydrogen-bond acceptors (Lipinski definition) is 7. The summed E-state index contributed by atoms with van der Waals surface area (Å²) < 4.78 is 84.5. The Kier molecular flexibility index (Phi) is 8.85. The highest BCUT2D eigenvalue weighted by atomic mass is 32.2. The summed E-state index contributed by atoms with van der Waals surface area (Å²) in [5, 5.41) is 11.4. The lowest BCUT2D eigenvalue weighted by Crippen LogP contribution is -2.35. The maximum atomic E-state index is 14.9. The lowest BCUT2D eigenvalue weighted by Gasteiger charge is -2.25. The summed E-state index contributed by atoms with van der Waals surface area (Å²) >= 11 is 0. The number of aliphatic hydroxyl groups is 1. The summed E-state index contributed by atoms with van der Waals surface area (Å²) in [6.45, 7) is 1.94. The van der Waals surface area contributed by atoms with E-state index in [1.807, 2.05) is 0 Å². The maximum Gasteiger partial charge on any atom is 0.286 e. The summed E-state index contributed by atoms with van der Waals surface area (Å²) in [7, 11) is -4.81. The number of fused-ring (bicyclic) bond motifs is 1. The number of carbonyl (C=O) groups excluding carboxylic acids is 1. The number of aromatic nitrogens is 2. The summed E-state index contributed by atoms with van der Waals surface area (Å²) in [5.41, 5.74) is 4.99. The molecule has 1 saturated heterocycles. The molecule has 14 heteroatoms. The molecule has 0 bridgehead atoms. The third-order valence-electron chi connectivity index (χ3n) is 6.88. The molecule has 0 aliphatic carbocycles. The lowest BCUT2D eigenvalue weighted by molar-refractivity contribution is -0.171. The van der Waals surface area contributed by atoms with Crippen molar-refractivity contribution in [2.75, 3.05) is 6.61 Å². The number of ketones is 1. The number of benzene rings is 3. The van der Waals surface area contributed by atoms with Crippen LogP contribution in [0.2, 0.25) is 0 Å². The molecular formula is C30H27F3N4O6S. The molecule has 5 rings (SSSR count). The Morgan fingerprint density at radius 1 is 1.11 bits per heavy atom. The zero-order valence-electron chi connectivity index (χ0n) is 23.3. The number of nitrogens with one attached hydrogen (secondary N) is 1. The van der Waals surface area contributed by atoms with Gasteiger partial charge in [-0.3, -0.25) is 4.79 Å². The molecule has 1 unspecified atom stereocenters. The molecule has 1 aliphatic rings. The van der Waals surface area contributed by atoms with Crippen molar-refractivity contribution in [3.05, 3.63) is 95.1 Å². The van der Waals surface area contributed by atoms with E-state index < -0.39 is 73.3 Å². The first-order chi connectivity index (χ1) is 20.9. The van der Waals surface area contributed by atoms with E-state index in [-0.39, 0.29) is 11.4 Å². The number of nitrogens with zero attached hydrogens (tertiary/aromatic N) is 2. The Bertz CT molecular complexity index is 1870. The Hall–Kier alpha value is -4.53. The van der Waals surface area contributed by atoms with Crippen LogP contribution in [0.4, 0.5) is 13.2 Å². The van der Waals surface area contributed by atoms with Gasteiger partial charge in [-0.25, -0.2) is 18.2 Å². The summed E-state index contributed by atoms with van der Waals surface area (Å²) in [5.74, 6) is -6.00. The van der Waals surface area contributed by atoms with Gasteiger partial charge >= 0.3 is 0 Å². The number of Topliss-reactive ketones (excluding diaryl/α,β-unsaturated/α-hetero) is 1. The van der Waals surface area contributed by atoms with Crippen LogP contribution in [-0.4, -0.2) is 54.1 Å². The number of ether oxygens (including phenoxy) is 2. The molecule has 3 aromatic carbocycles. The van der Waals surface area contributed by atoms with Gasteiger partial charge in [0.2, 0.25) is 5.78 Å². The summed E-state index contributed by atoms with van der Waals surface area (Å²) in [6, 6.07) is 11.3. The average molecular weight is 629 g/mol. The number of sulfonamides is 1. The van der Waals surface area contributed by atoms with Gasteiger partial charge in [0.25, 0.3) is 10.0 Å². The van der Waals surface area contributed by atoms with Crippen molar-refractivity contribution < 1.29 is 41.0 Å². The number of halogens is 3. The minimum Gasteiger partial charge on any atom is -0.506 e. The molecule has 0 spiro atoms. The third kappa shape index (κ3) is 6.51. The summed E-state index contributed by atoms with van der Waals surface area (Å²) in [4.78, 5) is 19.8. The van der Waals surface area contributed by atoms with Crippen LogP contribution in [-0.2, 0) is 19.5 Å². The lowest BCUT2D eigenvalue weighted by atomic mass is 9.98. The van der Waals surface area contributed by atoms with Gasteiger partial charge in [-0.05, 0) is 74.7 Å². The van der Waals surface area contributed by atoms with Crippen LogP contribution in [0, 0.1) is 17.5 Å². The number of carbonyl (C=O) groups is 1. The van der Waals surface area contributed by atoms with E-state index in [9.17, 15) is 31.5 Å². The monoisotopic (exact) mass is 628 g/mol. The van der Waals surface area contributed by atoms with Gasteiger partial charge in [0.1, 0.15) is 51.4 Å². The standard InChI is InChI=1S/C30H27F3N4O6S/c1-16(43-25-8-4-5-13-42-25)29(34)37-44(40,41)24-14-17(9-11-21(24)33)27(38)26(28(39)19-15-18(31)10-12-20(19)32)30-35-22-6-2-3-7-23(22)36-30/h2-3,6-7,9-12,14-16,25,38H,4-5,8,13H2,1H3,(H2,34,37)(H,35,36)/t16-,25?/m1/s1. The number of amidine groups is 1. The highest BCUT2D eigenvalue weighted by Crippen LogP contribution is 2.31. The van der Waals surface area contributed by atoms with Crippen molar-refractivity contribution >= 4 is 44.0 Å². The normalized spacial score (nSPS) is 17.4. The van der Waals surface area contributed by atoms with Gasteiger partial charge in [0.05, 0.1) is 16.6 Å². The van der Waals surface area contributed by atoms with Crippen LogP contribution >= 0.6 is 0 Å². The minimum absolute atomic E-state index is 0.232. The van der Waals surface area contributed by atoms with Gasteiger partial charge in [-0.15, -0.1) is 4.40 Å². The van der Waals surface area contributed by atoms with Crippen LogP contribution < -0.4 is 5.73 Å². The molecule has 2 atom stereocenters. The molecule has 0 radical (unpaired) electrons. The SMILES string of the molecule is C[C@@H](OC1CCCCO1)C(N)=NS(=O)(=O)c1cc(C(O)=C(C(=O)c2cc(F)ccc2F)c2nc3ccccc3[nH]2)ccc1F. The van der Waals surface area contributed by atoms with Crippen LogP contribution in [0.1, 0.15) is 47.9 Å². The van der Waals surface area contributed by atoms with Crippen molar-refractivity contribution in [1.82, 2.24) is 9.97 Å². The van der Waals surface area contributed by atoms with Crippen LogP contribution in [0.15, 0.2) is 70.0 Å². The van der Waals surface area contributed by atoms with Gasteiger partial charge in [-0.2, -0.15) is 8.42 Å². The van der Waals surface area contributed by atoms with E-state index in [1.165, 1.54) is 6.92 Å². The molecule has 1 fully saturated rings. The number of H-pyrrole nitrogens is 1. The predicted octanol–water partition coefficient (Wildman–Crippen LogP) is 5.27. The molecular weight excluding hydrogens is 601 g/mol. The minimum atomic E-state index is -4.81. The number of imidazole rings is 1. The van der Waals surface area contributed by atoms with Crippen molar-refractivity contribution in [2.24, 2.45) is 10.1 Å². The van der Waals surface area contributed by atoms with E-state index in [0.29, 0.717) is 30.1 Å². The van der Waals surface area contributed by atoms with E-state index in [0.717, 1.165) is 43.2 Å². The van der Waals surface area contributed by atoms with Gasteiger partial charge in [0, 0.05) is 12.2 Å². The van der Waals surface area contributed by atoms with Crippen molar-refractivity contribution in [2.45, 2.75) is 43.5 Å². The number of hydrogen-bond donors (Lipinski definition) is 3. The zero-order valence-corrected chi connectivity index (χ0v) is 24.1. The third-order valence-corrected chi connectivity index (χ3v) is 8.20. The molecule has 4 N–H and O–H groups in total. The second-order valence-corrected chi connectivity index (χ2v) is 11.6. The van der Waals surface area contributed by atoms with E-state index >= 15 is 0 Å². The second kappa shape index (κ2) is 12.6. The zero-order chi connectivity index (χ0) is 31.6. The molecule has 2 heterocycles. The maximum absolute atomic E-state index is 14.9. The first kappa shape index (κ1) is 30.9. The highest BCUT2D eigenvalue weighted by molar-refractivity contribution is 7.90. The summed E-state index contributed by atoms with van der Waals surface area (Å²) in [6.07, 6.45) is 0.703. The van der Waals surface area contributed by atoms with Gasteiger partial charge in [-0.1, -0.05) is 12.1 Å². The van der Waals surface area contributed by atoms with Crippen LogP contribution in [0.5, 0.6) is 0 Å². The first-order valence-corrected chi connectivity index (χ1v) is 14.9. The molecule has 0 saturated carbocycles. The second-order valence-electron chi connectivity index (χ2n) is 9.99. The molecule has 1 aromatic heterocycles. The largest absolute Gasteiger partial charge is 0.506 e. The molecule has 1 aliphatic heterocycles. The molecule has 4 aromatic rings. The highest BCUT2D eigenvalue weighted by Gasteiger charge is 2.29. The quantitative estimate of drug-likeness (QED) is 0.0744. The molecule has 0 amide bonds. The Morgan fingerprint density at radius 3 is 2.59 bits per heavy atom. The fourth-order valence-corrected chi connectivity index (χ4v) is 5.69. The Morgan fingerprint density at radius 2 is 1.86 bits per heavy atom. The Labute approximate surface area is 250 Å². The van der Waals surface area contributed by atoms with Crippen LogP contribution in [0.25, 0.3) is 22.4 Å². The number of aliphatic hydroxyl groups excluding tert-OH is 1. The van der Waals surface area contributed by atoms with E-state index in [4.69, 9.17) is 15.2 Å². The van der Waals surface area contributed by atoms with Crippen molar-refractivity contribution in [3.63, 3.8) is 0 Å². The fourth-order valence-electron chi connectivity index (χ4n) is 4.58. The molecule has 230 valence electrons. The molecule has 44 heavy (non-hydrogen) atoms. The first-order valence-electron chi connectivity index (χ1n) is 13.5. The van der Waals surface area contributed by atoms with E-state index in [2.05, 4.69) is 14.4 Å². The van der Waals surface area contributed by atoms with Crippen molar-refractivity contribution in [1.29, 1.82) is 0 Å². The average Bonchev–Trinajstić information content (AvgIpc) is 3.42. The van der Waals surface area contributed by atoms with Gasteiger partial charge in [0.15, 0.2) is 6.29 Å². The smallest absolute Gasteiger partial charge is 0.286 e. The van der Waals surface area contributed by atoms with Crippen molar-refractivity contribution in [3.8, 4) is 0 Å². The number of allylic oxidation sites excluding steroid dienone is 1. The Balaban J connectivity index is 1.58. The predicted molar refractivity (Wildman–Crippen MR) is 156 cm³/mol. The number of rotatable bonds is 9. The number of nitrogens with two attached hydrogens (primary N) is 1.